The van der Waals surface area contributed by atoms with Crippen LogP contribution >= 0.6 is 11.3 Å². The van der Waals surface area contributed by atoms with E-state index >= 15 is 0 Å². The summed E-state index contributed by atoms with van der Waals surface area (Å²) < 4.78 is 0. The van der Waals surface area contributed by atoms with Gasteiger partial charge in [0.2, 0.25) is 0 Å². The number of aryl methyl sites for hydroxylation is 1. The van der Waals surface area contributed by atoms with Gasteiger partial charge in [0.25, 0.3) is 11.5 Å². The van der Waals surface area contributed by atoms with Gasteiger partial charge in [-0.05, 0) is 18.9 Å². The van der Waals surface area contributed by atoms with Gasteiger partial charge < -0.3 is 15.0 Å². The zero-order valence-electron chi connectivity index (χ0n) is 11.8. The van der Waals surface area contributed by atoms with Crippen LogP contribution in [0.2, 0.25) is 0 Å². The fourth-order valence-electron chi connectivity index (χ4n) is 2.20. The van der Waals surface area contributed by atoms with E-state index in [1.807, 2.05) is 0 Å². The molecule has 0 aliphatic heterocycles. The Labute approximate surface area is 124 Å². The molecule has 2 N–H and O–H groups in total. The number of fused-ring (bicyclic) bond motifs is 1. The molecule has 0 radical (unpaired) electrons. The lowest BCUT2D eigenvalue weighted by Crippen LogP contribution is -2.41. The fraction of sp³-hybridized carbons (Fsp3) is 0.385. The standard InChI is InChI=1S/C13H15N3O4S/c1-4-7(13(19)20)16(3)12(18)9-6(2)8-10(17)14-5-15-11(8)21-9/h5,7H,4H2,1-3H3,(H,19,20)(H,14,15,17). The molecule has 0 bridgehead atoms. The van der Waals surface area contributed by atoms with Crippen molar-refractivity contribution in [3.63, 3.8) is 0 Å². The summed E-state index contributed by atoms with van der Waals surface area (Å²) in [5.41, 5.74) is 0.224. The number of carboxylic acid groups (broad SMARTS) is 1. The Morgan fingerprint density at radius 2 is 2.19 bits per heavy atom. The zero-order chi connectivity index (χ0) is 15.7. The molecule has 1 atom stereocenters. The van der Waals surface area contributed by atoms with Crippen molar-refractivity contribution in [3.05, 3.63) is 27.1 Å². The van der Waals surface area contributed by atoms with Gasteiger partial charge in [0, 0.05) is 7.05 Å². The van der Waals surface area contributed by atoms with Crippen LogP contribution in [0.15, 0.2) is 11.1 Å². The summed E-state index contributed by atoms with van der Waals surface area (Å²) in [5.74, 6) is -1.47. The van der Waals surface area contributed by atoms with E-state index in [1.165, 1.54) is 18.3 Å². The van der Waals surface area contributed by atoms with Gasteiger partial charge in [0.05, 0.1) is 16.6 Å². The van der Waals surface area contributed by atoms with E-state index in [0.29, 0.717) is 27.1 Å². The number of likely N-dealkylation sites (N-methyl/N-ethyl adjacent to an activating group) is 1. The van der Waals surface area contributed by atoms with Crippen LogP contribution in [0.3, 0.4) is 0 Å². The highest BCUT2D eigenvalue weighted by molar-refractivity contribution is 7.20. The predicted molar refractivity (Wildman–Crippen MR) is 78.8 cm³/mol. The van der Waals surface area contributed by atoms with Crippen LogP contribution in [0, 0.1) is 6.92 Å². The van der Waals surface area contributed by atoms with E-state index in [0.717, 1.165) is 11.3 Å². The first-order valence-electron chi connectivity index (χ1n) is 6.35. The number of aromatic amines is 1. The summed E-state index contributed by atoms with van der Waals surface area (Å²) in [4.78, 5) is 44.0. The molecule has 7 nitrogen and oxygen atoms in total. The molecule has 0 aliphatic carbocycles. The first-order valence-corrected chi connectivity index (χ1v) is 7.16. The van der Waals surface area contributed by atoms with Crippen molar-refractivity contribution >= 4 is 33.4 Å². The van der Waals surface area contributed by atoms with Gasteiger partial charge in [0.1, 0.15) is 10.9 Å². The van der Waals surface area contributed by atoms with Gasteiger partial charge in [-0.2, -0.15) is 0 Å². The highest BCUT2D eigenvalue weighted by Crippen LogP contribution is 2.28. The number of H-pyrrole nitrogens is 1. The second-order valence-corrected chi connectivity index (χ2v) is 5.65. The van der Waals surface area contributed by atoms with E-state index in [4.69, 9.17) is 5.11 Å². The Bertz CT molecular complexity index is 764. The van der Waals surface area contributed by atoms with Gasteiger partial charge in [-0.1, -0.05) is 6.92 Å². The molecule has 112 valence electrons. The van der Waals surface area contributed by atoms with Crippen LogP contribution in [0.4, 0.5) is 0 Å². The lowest BCUT2D eigenvalue weighted by atomic mass is 10.1. The lowest BCUT2D eigenvalue weighted by molar-refractivity contribution is -0.142. The fourth-order valence-corrected chi connectivity index (χ4v) is 3.33. The minimum absolute atomic E-state index is 0.305. The number of carbonyl (C=O) groups is 2. The van der Waals surface area contributed by atoms with Crippen molar-refractivity contribution in [1.82, 2.24) is 14.9 Å². The number of hydrogen-bond donors (Lipinski definition) is 2. The number of nitrogens with zero attached hydrogens (tertiary/aromatic N) is 2. The molecule has 0 spiro atoms. The molecule has 0 aliphatic rings. The summed E-state index contributed by atoms with van der Waals surface area (Å²) in [6.45, 7) is 3.37. The van der Waals surface area contributed by atoms with Gasteiger partial charge in [0.15, 0.2) is 0 Å². The molecule has 0 aromatic carbocycles. The normalized spacial score (nSPS) is 12.3. The zero-order valence-corrected chi connectivity index (χ0v) is 12.7. The van der Waals surface area contributed by atoms with Crippen molar-refractivity contribution in [2.45, 2.75) is 26.3 Å². The number of amides is 1. The van der Waals surface area contributed by atoms with Crippen molar-refractivity contribution < 1.29 is 14.7 Å². The third kappa shape index (κ3) is 2.54. The minimum Gasteiger partial charge on any atom is -0.480 e. The molecule has 21 heavy (non-hydrogen) atoms. The van der Waals surface area contributed by atoms with E-state index < -0.39 is 17.9 Å². The number of carboxylic acids is 1. The molecule has 2 aromatic heterocycles. The Balaban J connectivity index is 2.49. The number of nitrogens with one attached hydrogen (secondary N) is 1. The topological polar surface area (TPSA) is 103 Å². The van der Waals surface area contributed by atoms with E-state index in [-0.39, 0.29) is 5.56 Å². The molecule has 2 aromatic rings. The summed E-state index contributed by atoms with van der Waals surface area (Å²) in [6, 6.07) is -0.895. The van der Waals surface area contributed by atoms with Crippen LogP contribution in [0.25, 0.3) is 10.2 Å². The van der Waals surface area contributed by atoms with Crippen LogP contribution < -0.4 is 5.56 Å². The molecule has 0 saturated heterocycles. The van der Waals surface area contributed by atoms with E-state index in [9.17, 15) is 14.4 Å². The molecule has 1 unspecified atom stereocenters. The number of aliphatic carboxylic acids is 1. The first-order chi connectivity index (χ1) is 9.88. The van der Waals surface area contributed by atoms with Gasteiger partial charge >= 0.3 is 5.97 Å². The SMILES string of the molecule is CCC(C(=O)O)N(C)C(=O)c1sc2nc[nH]c(=O)c2c1C. The highest BCUT2D eigenvalue weighted by atomic mass is 32.1. The third-order valence-corrected chi connectivity index (χ3v) is 4.57. The van der Waals surface area contributed by atoms with Crippen LogP contribution in [-0.4, -0.2) is 44.9 Å². The molecular weight excluding hydrogens is 294 g/mol. The van der Waals surface area contributed by atoms with Crippen molar-refractivity contribution in [2.75, 3.05) is 7.05 Å². The molecule has 2 heterocycles. The Morgan fingerprint density at radius 1 is 1.52 bits per heavy atom. The van der Waals surface area contributed by atoms with Crippen molar-refractivity contribution in [1.29, 1.82) is 0 Å². The molecular formula is C13H15N3O4S. The average Bonchev–Trinajstić information content (AvgIpc) is 2.76. The third-order valence-electron chi connectivity index (χ3n) is 3.39. The second-order valence-electron chi connectivity index (χ2n) is 4.65. The van der Waals surface area contributed by atoms with Gasteiger partial charge in [-0.15, -0.1) is 11.3 Å². The van der Waals surface area contributed by atoms with Crippen molar-refractivity contribution in [3.8, 4) is 0 Å². The minimum atomic E-state index is -1.05. The number of aromatic nitrogens is 2. The van der Waals surface area contributed by atoms with Crippen LogP contribution in [-0.2, 0) is 4.79 Å². The van der Waals surface area contributed by atoms with E-state index in [1.54, 1.807) is 13.8 Å². The summed E-state index contributed by atoms with van der Waals surface area (Å²) >= 11 is 1.10. The molecule has 0 saturated carbocycles. The smallest absolute Gasteiger partial charge is 0.326 e. The average molecular weight is 309 g/mol. The van der Waals surface area contributed by atoms with Crippen LogP contribution in [0.5, 0.6) is 0 Å². The summed E-state index contributed by atoms with van der Waals surface area (Å²) in [6.07, 6.45) is 1.59. The summed E-state index contributed by atoms with van der Waals surface area (Å²) in [7, 11) is 1.45. The molecule has 1 amide bonds. The Morgan fingerprint density at radius 3 is 2.71 bits per heavy atom. The molecule has 0 fully saturated rings. The number of carbonyl (C=O) groups excluding carboxylic acids is 1. The number of hydrogen-bond acceptors (Lipinski definition) is 5. The van der Waals surface area contributed by atoms with Gasteiger partial charge in [-0.25, -0.2) is 9.78 Å². The maximum atomic E-state index is 12.5. The number of thiophene rings is 1. The lowest BCUT2D eigenvalue weighted by Gasteiger charge is -2.23. The maximum absolute atomic E-state index is 12.5. The highest BCUT2D eigenvalue weighted by Gasteiger charge is 2.28. The molecule has 2 rings (SSSR count). The Kier molecular flexibility index (Phi) is 4.08. The predicted octanol–water partition coefficient (Wildman–Crippen LogP) is 1.23. The largest absolute Gasteiger partial charge is 0.480 e. The second kappa shape index (κ2) is 5.65. The quantitative estimate of drug-likeness (QED) is 0.884. The van der Waals surface area contributed by atoms with Crippen LogP contribution in [0.1, 0.15) is 28.6 Å². The summed E-state index contributed by atoms with van der Waals surface area (Å²) in [5, 5.41) is 9.51. The van der Waals surface area contributed by atoms with E-state index in [2.05, 4.69) is 9.97 Å². The Hall–Kier alpha value is -2.22. The van der Waals surface area contributed by atoms with Gasteiger partial charge in [-0.3, -0.25) is 9.59 Å². The first kappa shape index (κ1) is 15.2. The maximum Gasteiger partial charge on any atom is 0.326 e. The monoisotopic (exact) mass is 309 g/mol. The number of rotatable bonds is 4. The molecule has 8 heteroatoms. The van der Waals surface area contributed by atoms with Crippen molar-refractivity contribution in [2.24, 2.45) is 0 Å².